The normalized spacial score (nSPS) is 12.2. The molecule has 0 heterocycles. The second-order valence-corrected chi connectivity index (χ2v) is 3.57. The monoisotopic (exact) mass is 232 g/mol. The summed E-state index contributed by atoms with van der Waals surface area (Å²) >= 11 is 11.3. The average Bonchev–Trinajstić information content (AvgIpc) is 2.11. The molecule has 0 saturated heterocycles. The molecule has 1 aromatic rings. The average molecular weight is 233 g/mol. The number of nitrogens with zero attached hydrogens (tertiary/aromatic N) is 1. The lowest BCUT2D eigenvalue weighted by Crippen LogP contribution is -2.10. The van der Waals surface area contributed by atoms with Crippen LogP contribution in [0.2, 0.25) is 10.0 Å². The van der Waals surface area contributed by atoms with Gasteiger partial charge >= 0.3 is 0 Å². The summed E-state index contributed by atoms with van der Waals surface area (Å²) in [6.45, 7) is 0. The van der Waals surface area contributed by atoms with Crippen LogP contribution in [0, 0.1) is 17.1 Å². The third-order valence-electron chi connectivity index (χ3n) is 1.73. The fraction of sp³-hybridized carbons (Fsp3) is 0.222. The molecule has 74 valence electrons. The zero-order valence-corrected chi connectivity index (χ0v) is 8.61. The fourth-order valence-corrected chi connectivity index (χ4v) is 1.52. The van der Waals surface area contributed by atoms with Crippen LogP contribution in [0.25, 0.3) is 0 Å². The first-order valence-electron chi connectivity index (χ1n) is 3.83. The molecular formula is C9H7Cl2FN2. The molecule has 0 aromatic heterocycles. The molecule has 1 atom stereocenters. The molecule has 0 unspecified atom stereocenters. The van der Waals surface area contributed by atoms with Gasteiger partial charge in [-0.1, -0.05) is 23.2 Å². The van der Waals surface area contributed by atoms with Gasteiger partial charge in [0.2, 0.25) is 0 Å². The first-order chi connectivity index (χ1) is 6.56. The third-order valence-corrected chi connectivity index (χ3v) is 2.35. The topological polar surface area (TPSA) is 49.8 Å². The minimum absolute atomic E-state index is 0.0690. The van der Waals surface area contributed by atoms with Crippen LogP contribution in [-0.2, 0) is 0 Å². The first kappa shape index (κ1) is 11.3. The van der Waals surface area contributed by atoms with E-state index < -0.39 is 11.9 Å². The maximum absolute atomic E-state index is 13.1. The summed E-state index contributed by atoms with van der Waals surface area (Å²) in [5, 5.41) is 8.57. The van der Waals surface area contributed by atoms with Gasteiger partial charge in [-0.3, -0.25) is 0 Å². The smallest absolute Gasteiger partial charge is 0.143 e. The van der Waals surface area contributed by atoms with E-state index in [4.69, 9.17) is 34.2 Å². The number of benzene rings is 1. The molecule has 2 nitrogen and oxygen atoms in total. The highest BCUT2D eigenvalue weighted by molar-refractivity contribution is 6.33. The van der Waals surface area contributed by atoms with Gasteiger partial charge in [0.1, 0.15) is 5.82 Å². The van der Waals surface area contributed by atoms with Crippen LogP contribution in [0.4, 0.5) is 4.39 Å². The van der Waals surface area contributed by atoms with Crippen LogP contribution < -0.4 is 5.73 Å². The van der Waals surface area contributed by atoms with Gasteiger partial charge in [0.15, 0.2) is 0 Å². The summed E-state index contributed by atoms with van der Waals surface area (Å²) in [6.07, 6.45) is 0.0690. The lowest BCUT2D eigenvalue weighted by molar-refractivity contribution is 0.620. The summed E-state index contributed by atoms with van der Waals surface area (Å²) < 4.78 is 13.1. The van der Waals surface area contributed by atoms with Crippen molar-refractivity contribution in [3.63, 3.8) is 0 Å². The summed E-state index contributed by atoms with van der Waals surface area (Å²) in [5.74, 6) is -0.623. The maximum atomic E-state index is 13.1. The van der Waals surface area contributed by atoms with Crippen molar-refractivity contribution in [2.75, 3.05) is 0 Å². The molecule has 5 heteroatoms. The minimum Gasteiger partial charge on any atom is -0.323 e. The molecule has 0 bridgehead atoms. The molecule has 0 radical (unpaired) electrons. The molecule has 1 aromatic carbocycles. The largest absolute Gasteiger partial charge is 0.323 e. The van der Waals surface area contributed by atoms with E-state index in [1.807, 2.05) is 6.07 Å². The lowest BCUT2D eigenvalue weighted by atomic mass is 10.1. The zero-order chi connectivity index (χ0) is 10.7. The highest BCUT2D eigenvalue weighted by Crippen LogP contribution is 2.29. The summed E-state index contributed by atoms with van der Waals surface area (Å²) in [6, 6.07) is 3.84. The molecule has 0 aliphatic heterocycles. The van der Waals surface area contributed by atoms with Crippen LogP contribution in [-0.4, -0.2) is 0 Å². The van der Waals surface area contributed by atoms with Crippen molar-refractivity contribution in [1.29, 1.82) is 5.26 Å². The standard InChI is InChI=1S/C9H7Cl2FN2/c10-5-3-6(8(14)1-2-13)9(11)7(12)4-5/h3-4,8H,1,14H2/t8-/m0/s1. The summed E-state index contributed by atoms with van der Waals surface area (Å²) in [5.41, 5.74) is 5.97. The van der Waals surface area contributed by atoms with Crippen LogP contribution in [0.15, 0.2) is 12.1 Å². The maximum Gasteiger partial charge on any atom is 0.143 e. The van der Waals surface area contributed by atoms with Gasteiger partial charge in [-0.25, -0.2) is 4.39 Å². The SMILES string of the molecule is N#CC[C@H](N)c1cc(Cl)cc(F)c1Cl. The number of hydrogen-bond donors (Lipinski definition) is 1. The van der Waals surface area contributed by atoms with E-state index in [-0.39, 0.29) is 16.5 Å². The Labute approximate surface area is 91.0 Å². The second kappa shape index (κ2) is 4.61. The Morgan fingerprint density at radius 2 is 2.14 bits per heavy atom. The molecule has 1 rings (SSSR count). The molecule has 14 heavy (non-hydrogen) atoms. The van der Waals surface area contributed by atoms with Gasteiger partial charge in [-0.15, -0.1) is 0 Å². The Bertz CT molecular complexity index is 387. The number of hydrogen-bond acceptors (Lipinski definition) is 2. The van der Waals surface area contributed by atoms with Gasteiger partial charge in [-0.2, -0.15) is 5.26 Å². The van der Waals surface area contributed by atoms with Crippen molar-refractivity contribution in [3.05, 3.63) is 33.6 Å². The lowest BCUT2D eigenvalue weighted by Gasteiger charge is -2.10. The number of halogens is 3. The number of nitrogens with two attached hydrogens (primary N) is 1. The first-order valence-corrected chi connectivity index (χ1v) is 4.58. The van der Waals surface area contributed by atoms with E-state index in [1.165, 1.54) is 6.07 Å². The molecule has 0 amide bonds. The Balaban J connectivity index is 3.14. The Hall–Kier alpha value is -0.820. The van der Waals surface area contributed by atoms with Gasteiger partial charge < -0.3 is 5.73 Å². The predicted octanol–water partition coefficient (Wildman–Crippen LogP) is 3.05. The Morgan fingerprint density at radius 3 is 2.71 bits per heavy atom. The number of rotatable bonds is 2. The molecule has 2 N–H and O–H groups in total. The Kier molecular flexibility index (Phi) is 3.70. The molecule has 0 saturated carbocycles. The fourth-order valence-electron chi connectivity index (χ4n) is 1.05. The van der Waals surface area contributed by atoms with Crippen molar-refractivity contribution >= 4 is 23.2 Å². The minimum atomic E-state index is -0.623. The van der Waals surface area contributed by atoms with Crippen LogP contribution in [0.1, 0.15) is 18.0 Å². The molecular weight excluding hydrogens is 226 g/mol. The van der Waals surface area contributed by atoms with Gasteiger partial charge in [0, 0.05) is 11.1 Å². The molecule has 0 aliphatic carbocycles. The van der Waals surface area contributed by atoms with E-state index in [0.29, 0.717) is 5.56 Å². The van der Waals surface area contributed by atoms with Crippen molar-refractivity contribution in [3.8, 4) is 6.07 Å². The third kappa shape index (κ3) is 2.36. The molecule has 0 fully saturated rings. The van der Waals surface area contributed by atoms with Crippen LogP contribution >= 0.6 is 23.2 Å². The quantitative estimate of drug-likeness (QED) is 0.798. The van der Waals surface area contributed by atoms with Gasteiger partial charge in [0.25, 0.3) is 0 Å². The zero-order valence-electron chi connectivity index (χ0n) is 7.10. The molecule has 0 spiro atoms. The molecule has 0 aliphatic rings. The number of nitriles is 1. The van der Waals surface area contributed by atoms with Gasteiger partial charge in [-0.05, 0) is 17.7 Å². The van der Waals surface area contributed by atoms with E-state index in [0.717, 1.165) is 6.07 Å². The van der Waals surface area contributed by atoms with Gasteiger partial charge in [0.05, 0.1) is 17.5 Å². The Morgan fingerprint density at radius 1 is 1.50 bits per heavy atom. The van der Waals surface area contributed by atoms with E-state index in [2.05, 4.69) is 0 Å². The van der Waals surface area contributed by atoms with Crippen molar-refractivity contribution in [2.24, 2.45) is 5.73 Å². The van der Waals surface area contributed by atoms with E-state index in [9.17, 15) is 4.39 Å². The second-order valence-electron chi connectivity index (χ2n) is 2.76. The van der Waals surface area contributed by atoms with Crippen molar-refractivity contribution < 1.29 is 4.39 Å². The highest BCUT2D eigenvalue weighted by atomic mass is 35.5. The van der Waals surface area contributed by atoms with E-state index >= 15 is 0 Å². The highest BCUT2D eigenvalue weighted by Gasteiger charge is 2.14. The van der Waals surface area contributed by atoms with E-state index in [1.54, 1.807) is 0 Å². The summed E-state index contributed by atoms with van der Waals surface area (Å²) in [7, 11) is 0. The van der Waals surface area contributed by atoms with Crippen LogP contribution in [0.5, 0.6) is 0 Å². The predicted molar refractivity (Wildman–Crippen MR) is 53.6 cm³/mol. The van der Waals surface area contributed by atoms with Crippen molar-refractivity contribution in [2.45, 2.75) is 12.5 Å². The van der Waals surface area contributed by atoms with Crippen molar-refractivity contribution in [1.82, 2.24) is 0 Å². The summed E-state index contributed by atoms with van der Waals surface area (Å²) in [4.78, 5) is 0. The van der Waals surface area contributed by atoms with Crippen LogP contribution in [0.3, 0.4) is 0 Å².